The van der Waals surface area contributed by atoms with Gasteiger partial charge >= 0.3 is 12.1 Å². The number of aliphatic carboxylic acids is 1. The Kier molecular flexibility index (Phi) is 4.10. The normalized spacial score (nSPS) is 11.9. The van der Waals surface area contributed by atoms with Crippen LogP contribution in [0.25, 0.3) is 0 Å². The van der Waals surface area contributed by atoms with Gasteiger partial charge in [0.2, 0.25) is 0 Å². The second kappa shape index (κ2) is 5.05. The molecule has 0 radical (unpaired) electrons. The summed E-state index contributed by atoms with van der Waals surface area (Å²) >= 11 is 5.36. The van der Waals surface area contributed by atoms with Crippen molar-refractivity contribution in [2.24, 2.45) is 0 Å². The Balaban J connectivity index is 3.40. The van der Waals surface area contributed by atoms with Crippen molar-refractivity contribution >= 4 is 17.6 Å². The highest BCUT2D eigenvalue weighted by atomic mass is 35.5. The Labute approximate surface area is 102 Å². The summed E-state index contributed by atoms with van der Waals surface area (Å²) in [6, 6.07) is 0.283. The fourth-order valence-corrected chi connectivity index (χ4v) is 1.44. The first-order valence-corrected chi connectivity index (χ1v) is 4.77. The summed E-state index contributed by atoms with van der Waals surface area (Å²) in [6.45, 7) is 0. The maximum atomic E-state index is 12.5. The van der Waals surface area contributed by atoms with Gasteiger partial charge in [0.05, 0.1) is 12.0 Å². The number of aromatic nitrogens is 1. The lowest BCUT2D eigenvalue weighted by Gasteiger charge is -2.13. The van der Waals surface area contributed by atoms with Crippen LogP contribution in [-0.4, -0.2) is 16.1 Å². The van der Waals surface area contributed by atoms with E-state index in [9.17, 15) is 26.7 Å². The molecule has 18 heavy (non-hydrogen) atoms. The SMILES string of the molecule is O=C(O)Cc1cc(C(F)(F)F)c(C(F)F)nc1Cl. The van der Waals surface area contributed by atoms with Crippen molar-refractivity contribution in [3.63, 3.8) is 0 Å². The molecule has 1 aromatic heterocycles. The van der Waals surface area contributed by atoms with E-state index in [1.165, 1.54) is 0 Å². The minimum absolute atomic E-state index is 0.283. The lowest BCUT2D eigenvalue weighted by molar-refractivity contribution is -0.140. The van der Waals surface area contributed by atoms with Gasteiger partial charge in [0, 0.05) is 5.56 Å². The number of carboxylic acids is 1. The lowest BCUT2D eigenvalue weighted by atomic mass is 10.1. The van der Waals surface area contributed by atoms with E-state index in [4.69, 9.17) is 16.7 Å². The molecule has 0 aliphatic rings. The summed E-state index contributed by atoms with van der Waals surface area (Å²) in [6.07, 6.45) is -9.35. The van der Waals surface area contributed by atoms with Crippen molar-refractivity contribution in [2.45, 2.75) is 19.0 Å². The number of nitrogens with zero attached hydrogens (tertiary/aromatic N) is 1. The lowest BCUT2D eigenvalue weighted by Crippen LogP contribution is -2.14. The number of hydrogen-bond acceptors (Lipinski definition) is 2. The highest BCUT2D eigenvalue weighted by Gasteiger charge is 2.37. The van der Waals surface area contributed by atoms with Crippen LogP contribution >= 0.6 is 11.6 Å². The molecule has 9 heteroatoms. The van der Waals surface area contributed by atoms with E-state index in [1.54, 1.807) is 0 Å². The molecular formula is C9H5ClF5NO2. The fraction of sp³-hybridized carbons (Fsp3) is 0.333. The number of alkyl halides is 5. The van der Waals surface area contributed by atoms with Crippen LogP contribution in [0.15, 0.2) is 6.07 Å². The van der Waals surface area contributed by atoms with E-state index in [1.807, 2.05) is 0 Å². The fourth-order valence-electron chi connectivity index (χ4n) is 1.23. The van der Waals surface area contributed by atoms with Crippen LogP contribution in [0.1, 0.15) is 23.2 Å². The maximum absolute atomic E-state index is 12.5. The monoisotopic (exact) mass is 289 g/mol. The zero-order valence-electron chi connectivity index (χ0n) is 8.43. The number of halogens is 6. The van der Waals surface area contributed by atoms with Crippen LogP contribution in [-0.2, 0) is 17.4 Å². The molecule has 0 saturated carbocycles. The van der Waals surface area contributed by atoms with Gasteiger partial charge < -0.3 is 5.11 Å². The predicted molar refractivity (Wildman–Crippen MR) is 50.5 cm³/mol. The summed E-state index contributed by atoms with van der Waals surface area (Å²) in [4.78, 5) is 13.3. The largest absolute Gasteiger partial charge is 0.481 e. The molecule has 0 atom stereocenters. The molecule has 100 valence electrons. The van der Waals surface area contributed by atoms with Gasteiger partial charge in [-0.3, -0.25) is 4.79 Å². The first-order chi connectivity index (χ1) is 8.12. The van der Waals surface area contributed by atoms with Gasteiger partial charge in [-0.05, 0) is 6.07 Å². The van der Waals surface area contributed by atoms with Gasteiger partial charge in [0.25, 0.3) is 6.43 Å². The summed E-state index contributed by atoms with van der Waals surface area (Å²) in [5.41, 5.74) is -3.67. The first-order valence-electron chi connectivity index (χ1n) is 4.39. The van der Waals surface area contributed by atoms with E-state index >= 15 is 0 Å². The molecule has 1 heterocycles. The second-order valence-corrected chi connectivity index (χ2v) is 3.60. The minimum atomic E-state index is -5.06. The van der Waals surface area contributed by atoms with Crippen LogP contribution in [0.3, 0.4) is 0 Å². The van der Waals surface area contributed by atoms with Crippen molar-refractivity contribution in [1.82, 2.24) is 4.98 Å². The van der Waals surface area contributed by atoms with E-state index in [0.717, 1.165) is 0 Å². The second-order valence-electron chi connectivity index (χ2n) is 3.24. The minimum Gasteiger partial charge on any atom is -0.481 e. The topological polar surface area (TPSA) is 50.2 Å². The molecule has 0 saturated heterocycles. The zero-order chi connectivity index (χ0) is 14.1. The van der Waals surface area contributed by atoms with Crippen molar-refractivity contribution in [1.29, 1.82) is 0 Å². The van der Waals surface area contributed by atoms with Gasteiger partial charge in [-0.15, -0.1) is 0 Å². The van der Waals surface area contributed by atoms with E-state index in [2.05, 4.69) is 4.98 Å². The maximum Gasteiger partial charge on any atom is 0.418 e. The average molecular weight is 290 g/mol. The van der Waals surface area contributed by atoms with Gasteiger partial charge in [-0.1, -0.05) is 11.6 Å². The van der Waals surface area contributed by atoms with Crippen molar-refractivity contribution in [3.8, 4) is 0 Å². The van der Waals surface area contributed by atoms with Crippen LogP contribution < -0.4 is 0 Å². The van der Waals surface area contributed by atoms with E-state index in [0.29, 0.717) is 0 Å². The highest BCUT2D eigenvalue weighted by molar-refractivity contribution is 6.30. The smallest absolute Gasteiger partial charge is 0.418 e. The molecule has 0 aromatic carbocycles. The van der Waals surface area contributed by atoms with Crippen molar-refractivity contribution < 1.29 is 31.9 Å². The Morgan fingerprint density at radius 3 is 2.39 bits per heavy atom. The number of pyridine rings is 1. The van der Waals surface area contributed by atoms with Crippen LogP contribution in [0, 0.1) is 0 Å². The zero-order valence-corrected chi connectivity index (χ0v) is 9.19. The first kappa shape index (κ1) is 14.6. The molecule has 1 aromatic rings. The quantitative estimate of drug-likeness (QED) is 0.686. The summed E-state index contributed by atoms with van der Waals surface area (Å²) in [5, 5.41) is 7.77. The standard InChI is InChI=1S/C9H5ClF5NO2/c10-7-3(2-5(17)18)1-4(9(13,14)15)6(16-7)8(11)12/h1,8H,2H2,(H,17,18). The molecule has 1 rings (SSSR count). The molecule has 0 fully saturated rings. The number of hydrogen-bond donors (Lipinski definition) is 1. The highest BCUT2D eigenvalue weighted by Crippen LogP contribution is 2.37. The summed E-state index contributed by atoms with van der Waals surface area (Å²) in [7, 11) is 0. The molecule has 0 aliphatic carbocycles. The molecule has 0 aliphatic heterocycles. The molecule has 3 nitrogen and oxygen atoms in total. The Morgan fingerprint density at radius 1 is 1.44 bits per heavy atom. The van der Waals surface area contributed by atoms with Gasteiger partial charge in [0.15, 0.2) is 0 Å². The third kappa shape index (κ3) is 3.28. The van der Waals surface area contributed by atoms with Crippen LogP contribution in [0.4, 0.5) is 22.0 Å². The third-order valence-electron chi connectivity index (χ3n) is 1.93. The molecule has 0 spiro atoms. The number of carbonyl (C=O) groups is 1. The Bertz CT molecular complexity index is 475. The summed E-state index contributed by atoms with van der Waals surface area (Å²) < 4.78 is 62.3. The third-order valence-corrected chi connectivity index (χ3v) is 2.26. The molecular weight excluding hydrogens is 285 g/mol. The molecule has 0 unspecified atom stereocenters. The van der Waals surface area contributed by atoms with E-state index in [-0.39, 0.29) is 6.07 Å². The molecule has 0 amide bonds. The van der Waals surface area contributed by atoms with Gasteiger partial charge in [-0.2, -0.15) is 13.2 Å². The van der Waals surface area contributed by atoms with Crippen LogP contribution in [0.2, 0.25) is 5.15 Å². The number of carboxylic acid groups (broad SMARTS) is 1. The van der Waals surface area contributed by atoms with E-state index < -0.39 is 47.0 Å². The molecule has 0 bridgehead atoms. The predicted octanol–water partition coefficient (Wildman–Crippen LogP) is 3.32. The molecule has 1 N–H and O–H groups in total. The Morgan fingerprint density at radius 2 is 2.00 bits per heavy atom. The number of rotatable bonds is 3. The Hall–Kier alpha value is -1.44. The van der Waals surface area contributed by atoms with Crippen molar-refractivity contribution in [3.05, 3.63) is 28.0 Å². The summed E-state index contributed by atoms with van der Waals surface area (Å²) in [5.74, 6) is -1.45. The van der Waals surface area contributed by atoms with Gasteiger partial charge in [-0.25, -0.2) is 13.8 Å². The average Bonchev–Trinajstić information content (AvgIpc) is 2.17. The van der Waals surface area contributed by atoms with Crippen molar-refractivity contribution in [2.75, 3.05) is 0 Å². The van der Waals surface area contributed by atoms with Gasteiger partial charge in [0.1, 0.15) is 10.8 Å². The van der Waals surface area contributed by atoms with Crippen LogP contribution in [0.5, 0.6) is 0 Å².